The highest BCUT2D eigenvalue weighted by Crippen LogP contribution is 2.11. The largest absolute Gasteiger partial charge is 0.527 e. The van der Waals surface area contributed by atoms with Gasteiger partial charge in [-0.15, -0.1) is 0 Å². The van der Waals surface area contributed by atoms with Crippen molar-refractivity contribution < 1.29 is 4.21 Å². The summed E-state index contributed by atoms with van der Waals surface area (Å²) in [4.78, 5) is 4.14. The normalized spacial score (nSPS) is 10.0. The molecule has 0 N–H and O–H groups in total. The number of hydrogen-bond acceptors (Lipinski definition) is 2. The average Bonchev–Trinajstić information content (AvgIpc) is 2.17. The lowest BCUT2D eigenvalue weighted by Crippen LogP contribution is -1.82. The molecule has 1 heterocycles. The monoisotopic (exact) mass is 176 g/mol. The van der Waals surface area contributed by atoms with Crippen LogP contribution in [0.4, 0.5) is 0 Å². The van der Waals surface area contributed by atoms with E-state index < -0.39 is 0 Å². The zero-order chi connectivity index (χ0) is 8.39. The van der Waals surface area contributed by atoms with E-state index in [0.29, 0.717) is 16.7 Å². The first-order chi connectivity index (χ1) is 5.90. The SMILES string of the molecule is O=[S+]c1ccc2ccccc2n1. The van der Waals surface area contributed by atoms with Gasteiger partial charge in [-0.3, -0.25) is 0 Å². The van der Waals surface area contributed by atoms with Crippen LogP contribution in [0.1, 0.15) is 0 Å². The summed E-state index contributed by atoms with van der Waals surface area (Å²) in [5.41, 5.74) is 0.873. The van der Waals surface area contributed by atoms with Gasteiger partial charge in [-0.05, 0) is 12.1 Å². The van der Waals surface area contributed by atoms with E-state index in [1.807, 2.05) is 30.3 Å². The molecule has 1 aromatic heterocycles. The second-order valence-corrected chi connectivity index (χ2v) is 3.01. The van der Waals surface area contributed by atoms with Crippen LogP contribution in [0.2, 0.25) is 0 Å². The molecule has 1 aromatic carbocycles. The molecule has 2 nitrogen and oxygen atoms in total. The van der Waals surface area contributed by atoms with E-state index in [1.165, 1.54) is 0 Å². The Balaban J connectivity index is 2.75. The lowest BCUT2D eigenvalue weighted by atomic mass is 10.2. The van der Waals surface area contributed by atoms with Crippen molar-refractivity contribution in [3.8, 4) is 0 Å². The second kappa shape index (κ2) is 2.95. The Morgan fingerprint density at radius 1 is 1.08 bits per heavy atom. The first-order valence-electron chi connectivity index (χ1n) is 3.56. The highest BCUT2D eigenvalue weighted by Gasteiger charge is 2.07. The zero-order valence-electron chi connectivity index (χ0n) is 6.23. The maximum absolute atomic E-state index is 10.4. The third-order valence-corrected chi connectivity index (χ3v) is 2.06. The Morgan fingerprint density at radius 2 is 1.92 bits per heavy atom. The van der Waals surface area contributed by atoms with Crippen LogP contribution < -0.4 is 0 Å². The third kappa shape index (κ3) is 1.19. The molecule has 0 aliphatic heterocycles. The van der Waals surface area contributed by atoms with Crippen LogP contribution in [0.5, 0.6) is 0 Å². The maximum atomic E-state index is 10.4. The smallest absolute Gasteiger partial charge is 0.189 e. The molecular weight excluding hydrogens is 170 g/mol. The van der Waals surface area contributed by atoms with E-state index in [0.717, 1.165) is 10.9 Å². The fourth-order valence-corrected chi connectivity index (χ4v) is 1.35. The molecule has 3 heteroatoms. The first-order valence-corrected chi connectivity index (χ1v) is 4.30. The van der Waals surface area contributed by atoms with E-state index in [9.17, 15) is 4.21 Å². The van der Waals surface area contributed by atoms with Gasteiger partial charge in [0.05, 0.1) is 5.52 Å². The summed E-state index contributed by atoms with van der Waals surface area (Å²) in [6.07, 6.45) is 0. The molecule has 0 radical (unpaired) electrons. The lowest BCUT2D eigenvalue weighted by molar-refractivity contribution is 0.603. The molecule has 12 heavy (non-hydrogen) atoms. The molecule has 0 saturated heterocycles. The number of nitrogens with zero attached hydrogens (tertiary/aromatic N) is 1. The molecule has 2 rings (SSSR count). The molecule has 0 amide bonds. The molecule has 0 bridgehead atoms. The van der Waals surface area contributed by atoms with E-state index in [-0.39, 0.29) is 0 Å². The molecule has 0 aliphatic rings. The average molecular weight is 176 g/mol. The van der Waals surface area contributed by atoms with Crippen LogP contribution in [-0.2, 0) is 15.9 Å². The number of para-hydroxylation sites is 1. The maximum Gasteiger partial charge on any atom is 0.527 e. The van der Waals surface area contributed by atoms with Gasteiger partial charge < -0.3 is 0 Å². The molecule has 0 saturated carbocycles. The van der Waals surface area contributed by atoms with Gasteiger partial charge in [-0.25, -0.2) is 0 Å². The highest BCUT2D eigenvalue weighted by atomic mass is 32.1. The molecule has 0 fully saturated rings. The fraction of sp³-hybridized carbons (Fsp3) is 0. The summed E-state index contributed by atoms with van der Waals surface area (Å²) >= 11 is 0.423. The van der Waals surface area contributed by atoms with Gasteiger partial charge in [-0.2, -0.15) is 4.98 Å². The first kappa shape index (κ1) is 7.31. The Morgan fingerprint density at radius 3 is 2.75 bits per heavy atom. The van der Waals surface area contributed by atoms with Gasteiger partial charge >= 0.3 is 16.7 Å². The molecule has 0 atom stereocenters. The number of pyridine rings is 1. The predicted molar refractivity (Wildman–Crippen MR) is 48.1 cm³/mol. The highest BCUT2D eigenvalue weighted by molar-refractivity contribution is 7.65. The van der Waals surface area contributed by atoms with Gasteiger partial charge in [0.25, 0.3) is 0 Å². The summed E-state index contributed by atoms with van der Waals surface area (Å²) in [7, 11) is 0. The van der Waals surface area contributed by atoms with Crippen molar-refractivity contribution in [3.63, 3.8) is 0 Å². The van der Waals surface area contributed by atoms with Crippen molar-refractivity contribution in [2.24, 2.45) is 0 Å². The number of rotatable bonds is 1. The molecule has 2 aromatic rings. The van der Waals surface area contributed by atoms with Crippen LogP contribution in [-0.4, -0.2) is 4.98 Å². The fourth-order valence-electron chi connectivity index (χ4n) is 1.09. The predicted octanol–water partition coefficient (Wildman–Crippen LogP) is 2.02. The Bertz CT molecular complexity index is 428. The summed E-state index contributed by atoms with van der Waals surface area (Å²) in [6.45, 7) is 0. The van der Waals surface area contributed by atoms with E-state index in [2.05, 4.69) is 4.98 Å². The Hall–Kier alpha value is -1.35. The van der Waals surface area contributed by atoms with Gasteiger partial charge in [-0.1, -0.05) is 18.2 Å². The number of hydrogen-bond donors (Lipinski definition) is 0. The van der Waals surface area contributed by atoms with Crippen molar-refractivity contribution in [3.05, 3.63) is 36.4 Å². The van der Waals surface area contributed by atoms with Gasteiger partial charge in [0.15, 0.2) is 0 Å². The van der Waals surface area contributed by atoms with Crippen molar-refractivity contribution in [2.45, 2.75) is 5.03 Å². The van der Waals surface area contributed by atoms with Crippen LogP contribution >= 0.6 is 0 Å². The molecular formula is C9H6NOS+. The lowest BCUT2D eigenvalue weighted by Gasteiger charge is -1.90. The van der Waals surface area contributed by atoms with Crippen LogP contribution in [0, 0.1) is 0 Å². The minimum absolute atomic E-state index is 0.423. The topological polar surface area (TPSA) is 30.0 Å². The number of benzene rings is 1. The minimum Gasteiger partial charge on any atom is -0.189 e. The summed E-state index contributed by atoms with van der Waals surface area (Å²) in [5, 5.41) is 1.59. The zero-order valence-corrected chi connectivity index (χ0v) is 7.04. The van der Waals surface area contributed by atoms with Crippen molar-refractivity contribution in [1.82, 2.24) is 4.98 Å². The van der Waals surface area contributed by atoms with Gasteiger partial charge in [0.2, 0.25) is 0 Å². The van der Waals surface area contributed by atoms with E-state index in [4.69, 9.17) is 0 Å². The van der Waals surface area contributed by atoms with Gasteiger partial charge in [0.1, 0.15) is 0 Å². The third-order valence-electron chi connectivity index (χ3n) is 1.66. The number of fused-ring (bicyclic) bond motifs is 1. The van der Waals surface area contributed by atoms with Crippen LogP contribution in [0.15, 0.2) is 41.4 Å². The van der Waals surface area contributed by atoms with E-state index in [1.54, 1.807) is 6.07 Å². The second-order valence-electron chi connectivity index (χ2n) is 2.43. The molecule has 0 unspecified atom stereocenters. The Kier molecular flexibility index (Phi) is 1.80. The van der Waals surface area contributed by atoms with Gasteiger partial charge in [0, 0.05) is 15.7 Å². The standard InChI is InChI=1S/C9H6NOS/c11-12-9-6-5-7-3-1-2-4-8(7)10-9/h1-6H/q+1. The van der Waals surface area contributed by atoms with Crippen LogP contribution in [0.25, 0.3) is 10.9 Å². The Labute approximate surface area is 73.7 Å². The summed E-state index contributed by atoms with van der Waals surface area (Å²) < 4.78 is 10.4. The minimum atomic E-state index is 0.423. The summed E-state index contributed by atoms with van der Waals surface area (Å²) in [5.74, 6) is 0. The van der Waals surface area contributed by atoms with Crippen molar-refractivity contribution in [1.29, 1.82) is 0 Å². The molecule has 58 valence electrons. The van der Waals surface area contributed by atoms with Crippen molar-refractivity contribution >= 4 is 22.6 Å². The summed E-state index contributed by atoms with van der Waals surface area (Å²) in [6, 6.07) is 11.4. The molecule has 0 spiro atoms. The van der Waals surface area contributed by atoms with E-state index >= 15 is 0 Å². The number of aromatic nitrogens is 1. The van der Waals surface area contributed by atoms with Crippen LogP contribution in [0.3, 0.4) is 0 Å². The van der Waals surface area contributed by atoms with Crippen molar-refractivity contribution in [2.75, 3.05) is 0 Å². The quantitative estimate of drug-likeness (QED) is 0.622. The molecule has 0 aliphatic carbocycles.